The molecule has 88 valence electrons. The van der Waals surface area contributed by atoms with Crippen LogP contribution < -0.4 is 5.32 Å². The number of anilines is 2. The van der Waals surface area contributed by atoms with Crippen LogP contribution >= 0.6 is 43.6 Å². The van der Waals surface area contributed by atoms with Gasteiger partial charge in [-0.1, -0.05) is 43.6 Å². The van der Waals surface area contributed by atoms with Crippen molar-refractivity contribution < 1.29 is 0 Å². The topological polar surface area (TPSA) is 35.8 Å². The van der Waals surface area contributed by atoms with Crippen molar-refractivity contribution in [2.75, 3.05) is 5.32 Å². The van der Waals surface area contributed by atoms with Crippen molar-refractivity contribution in [2.24, 2.45) is 0 Å². The summed E-state index contributed by atoms with van der Waals surface area (Å²) in [7, 11) is 0. The normalized spacial score (nSPS) is 12.1. The molecule has 0 radical (unpaired) electrons. The number of rotatable bonds is 0. The maximum absolute atomic E-state index is 9.18. The summed E-state index contributed by atoms with van der Waals surface area (Å²) in [5.41, 5.74) is 2.58. The minimum atomic E-state index is 0.653. The summed E-state index contributed by atoms with van der Waals surface area (Å²) in [5, 5.41) is 12.5. The van der Waals surface area contributed by atoms with Gasteiger partial charge in [0.25, 0.3) is 0 Å². The van der Waals surface area contributed by atoms with E-state index in [1.54, 1.807) is 11.8 Å². The number of nitriles is 1. The molecule has 0 atom stereocenters. The van der Waals surface area contributed by atoms with Crippen LogP contribution in [0.4, 0.5) is 11.4 Å². The van der Waals surface area contributed by atoms with Crippen LogP contribution in [-0.4, -0.2) is 0 Å². The molecule has 1 aliphatic rings. The van der Waals surface area contributed by atoms with Gasteiger partial charge < -0.3 is 5.32 Å². The van der Waals surface area contributed by atoms with E-state index in [9.17, 15) is 5.26 Å². The molecule has 1 aliphatic heterocycles. The first-order valence-corrected chi connectivity index (χ1v) is 7.56. The van der Waals surface area contributed by atoms with Crippen molar-refractivity contribution in [1.29, 1.82) is 5.26 Å². The van der Waals surface area contributed by atoms with Gasteiger partial charge in [0.15, 0.2) is 0 Å². The first-order valence-electron chi connectivity index (χ1n) is 5.15. The Labute approximate surface area is 126 Å². The van der Waals surface area contributed by atoms with E-state index >= 15 is 0 Å². The maximum Gasteiger partial charge on any atom is 0.101 e. The zero-order chi connectivity index (χ0) is 12.7. The van der Waals surface area contributed by atoms with Crippen LogP contribution in [0.2, 0.25) is 0 Å². The molecule has 1 N–H and O–H groups in total. The number of nitrogens with one attached hydrogen (secondary N) is 1. The highest BCUT2D eigenvalue weighted by Crippen LogP contribution is 2.47. The Balaban J connectivity index is 2.16. The SMILES string of the molecule is N#Cc1cc(Br)cc2c1Nc1ccc(Br)cc1S2. The summed E-state index contributed by atoms with van der Waals surface area (Å²) in [6, 6.07) is 12.2. The Morgan fingerprint density at radius 1 is 1.06 bits per heavy atom. The van der Waals surface area contributed by atoms with E-state index in [2.05, 4.69) is 49.3 Å². The monoisotopic (exact) mass is 380 g/mol. The predicted molar refractivity (Wildman–Crippen MR) is 80.4 cm³/mol. The number of halogens is 2. The molecule has 0 unspecified atom stereocenters. The van der Waals surface area contributed by atoms with Crippen molar-refractivity contribution in [2.45, 2.75) is 9.79 Å². The van der Waals surface area contributed by atoms with Crippen LogP contribution in [0.25, 0.3) is 0 Å². The summed E-state index contributed by atoms with van der Waals surface area (Å²) in [5.74, 6) is 0. The van der Waals surface area contributed by atoms with E-state index in [0.29, 0.717) is 5.56 Å². The molecule has 2 aromatic carbocycles. The molecular formula is C13H6Br2N2S. The number of hydrogen-bond donors (Lipinski definition) is 1. The molecule has 0 spiro atoms. The molecular weight excluding hydrogens is 376 g/mol. The van der Waals surface area contributed by atoms with E-state index < -0.39 is 0 Å². The summed E-state index contributed by atoms with van der Waals surface area (Å²) in [6.07, 6.45) is 0. The van der Waals surface area contributed by atoms with Gasteiger partial charge in [-0.25, -0.2) is 0 Å². The van der Waals surface area contributed by atoms with Crippen molar-refractivity contribution in [3.63, 3.8) is 0 Å². The zero-order valence-corrected chi connectivity index (χ0v) is 13.0. The highest BCUT2D eigenvalue weighted by molar-refractivity contribution is 9.10. The first-order chi connectivity index (χ1) is 8.67. The van der Waals surface area contributed by atoms with Crippen LogP contribution in [0.1, 0.15) is 5.56 Å². The van der Waals surface area contributed by atoms with Crippen molar-refractivity contribution in [3.05, 3.63) is 44.8 Å². The lowest BCUT2D eigenvalue weighted by Gasteiger charge is -2.22. The second-order valence-corrected chi connectivity index (χ2v) is 6.72. The second kappa shape index (κ2) is 4.61. The third-order valence-corrected chi connectivity index (χ3v) is 4.66. The fraction of sp³-hybridized carbons (Fsp3) is 0. The second-order valence-electron chi connectivity index (χ2n) is 3.81. The zero-order valence-electron chi connectivity index (χ0n) is 9.00. The highest BCUT2D eigenvalue weighted by atomic mass is 79.9. The number of fused-ring (bicyclic) bond motifs is 2. The molecule has 3 rings (SSSR count). The number of benzene rings is 2. The summed E-state index contributed by atoms with van der Waals surface area (Å²) < 4.78 is 1.97. The predicted octanol–water partition coefficient (Wildman–Crippen LogP) is 5.29. The molecule has 0 aliphatic carbocycles. The molecule has 0 aromatic heterocycles. The fourth-order valence-corrected chi connectivity index (χ4v) is 4.04. The van der Waals surface area contributed by atoms with Crippen molar-refractivity contribution in [3.8, 4) is 6.07 Å². The van der Waals surface area contributed by atoms with Crippen LogP contribution in [0.3, 0.4) is 0 Å². The van der Waals surface area contributed by atoms with Gasteiger partial charge in [0, 0.05) is 18.7 Å². The van der Waals surface area contributed by atoms with E-state index in [-0.39, 0.29) is 0 Å². The molecule has 2 nitrogen and oxygen atoms in total. The maximum atomic E-state index is 9.18. The minimum Gasteiger partial charge on any atom is -0.353 e. The Morgan fingerprint density at radius 2 is 1.83 bits per heavy atom. The van der Waals surface area contributed by atoms with Crippen LogP contribution in [0.5, 0.6) is 0 Å². The molecule has 1 heterocycles. The molecule has 0 fully saturated rings. The van der Waals surface area contributed by atoms with E-state index in [0.717, 1.165) is 30.1 Å². The average Bonchev–Trinajstić information content (AvgIpc) is 2.35. The smallest absolute Gasteiger partial charge is 0.101 e. The van der Waals surface area contributed by atoms with Gasteiger partial charge in [-0.3, -0.25) is 0 Å². The molecule has 18 heavy (non-hydrogen) atoms. The summed E-state index contributed by atoms with van der Waals surface area (Å²) in [6.45, 7) is 0. The first kappa shape index (κ1) is 12.1. The van der Waals surface area contributed by atoms with Gasteiger partial charge in [-0.15, -0.1) is 0 Å². The van der Waals surface area contributed by atoms with E-state index in [1.165, 1.54) is 0 Å². The largest absolute Gasteiger partial charge is 0.353 e. The van der Waals surface area contributed by atoms with Crippen LogP contribution in [0, 0.1) is 11.3 Å². The third kappa shape index (κ3) is 2.05. The Bertz CT molecular complexity index is 692. The van der Waals surface area contributed by atoms with Gasteiger partial charge in [0.2, 0.25) is 0 Å². The minimum absolute atomic E-state index is 0.653. The standard InChI is InChI=1S/C13H6Br2N2S/c14-8-1-2-10-11(4-8)18-12-5-9(15)3-7(6-16)13(12)17-10/h1-5,17H. The molecule has 0 amide bonds. The summed E-state index contributed by atoms with van der Waals surface area (Å²) in [4.78, 5) is 2.21. The third-order valence-electron chi connectivity index (χ3n) is 2.61. The fourth-order valence-electron chi connectivity index (χ4n) is 1.82. The Morgan fingerprint density at radius 3 is 2.61 bits per heavy atom. The Kier molecular flexibility index (Phi) is 3.10. The molecule has 2 aromatic rings. The van der Waals surface area contributed by atoms with Gasteiger partial charge >= 0.3 is 0 Å². The lowest BCUT2D eigenvalue weighted by atomic mass is 10.2. The quantitative estimate of drug-likeness (QED) is 0.574. The number of nitrogens with zero attached hydrogens (tertiary/aromatic N) is 1. The molecule has 0 saturated heterocycles. The lowest BCUT2D eigenvalue weighted by molar-refractivity contribution is 1.28. The van der Waals surface area contributed by atoms with E-state index in [1.807, 2.05) is 24.3 Å². The molecule has 0 bridgehead atoms. The average molecular weight is 382 g/mol. The van der Waals surface area contributed by atoms with Crippen molar-refractivity contribution >= 4 is 55.0 Å². The van der Waals surface area contributed by atoms with Crippen LogP contribution in [0.15, 0.2) is 49.1 Å². The van der Waals surface area contributed by atoms with Crippen molar-refractivity contribution in [1.82, 2.24) is 0 Å². The number of hydrogen-bond acceptors (Lipinski definition) is 3. The van der Waals surface area contributed by atoms with Gasteiger partial charge in [0.05, 0.1) is 16.9 Å². The highest BCUT2D eigenvalue weighted by Gasteiger charge is 2.19. The van der Waals surface area contributed by atoms with Crippen LogP contribution in [-0.2, 0) is 0 Å². The summed E-state index contributed by atoms with van der Waals surface area (Å²) >= 11 is 8.57. The Hall–Kier alpha value is -0.960. The molecule has 5 heteroatoms. The lowest BCUT2D eigenvalue weighted by Crippen LogP contribution is -2.02. The molecule has 0 saturated carbocycles. The van der Waals surface area contributed by atoms with Gasteiger partial charge in [0.1, 0.15) is 6.07 Å². The van der Waals surface area contributed by atoms with Gasteiger partial charge in [-0.05, 0) is 30.3 Å². The van der Waals surface area contributed by atoms with Gasteiger partial charge in [-0.2, -0.15) is 5.26 Å². The van der Waals surface area contributed by atoms with E-state index in [4.69, 9.17) is 0 Å².